The minimum atomic E-state index is -0.374. The summed E-state index contributed by atoms with van der Waals surface area (Å²) >= 11 is 0. The van der Waals surface area contributed by atoms with Crippen LogP contribution in [0.1, 0.15) is 22.1 Å². The van der Waals surface area contributed by atoms with Gasteiger partial charge in [-0.15, -0.1) is 0 Å². The van der Waals surface area contributed by atoms with E-state index in [2.05, 4.69) is 15.4 Å². The lowest BCUT2D eigenvalue weighted by atomic mass is 10.1. The highest BCUT2D eigenvalue weighted by Crippen LogP contribution is 2.15. The molecule has 3 aromatic rings. The number of benzene rings is 1. The van der Waals surface area contributed by atoms with Crippen LogP contribution in [0.15, 0.2) is 65.8 Å². The van der Waals surface area contributed by atoms with E-state index in [0.29, 0.717) is 6.54 Å². The van der Waals surface area contributed by atoms with Crippen LogP contribution in [0.4, 0.5) is 0 Å². The molecule has 2 N–H and O–H groups in total. The maximum absolute atomic E-state index is 12.6. The van der Waals surface area contributed by atoms with Crippen LogP contribution < -0.4 is 15.5 Å². The molecule has 2 aromatic heterocycles. The largest absolute Gasteiger partial charge is 0.491 e. The molecule has 1 amide bonds. The molecule has 0 aliphatic heterocycles. The lowest BCUT2D eigenvalue weighted by molar-refractivity contribution is 0.0926. The van der Waals surface area contributed by atoms with Crippen LogP contribution >= 0.6 is 0 Å². The fourth-order valence-corrected chi connectivity index (χ4v) is 2.50. The number of methoxy groups -OCH3 is 1. The van der Waals surface area contributed by atoms with Gasteiger partial charge in [0.1, 0.15) is 5.69 Å². The van der Waals surface area contributed by atoms with Crippen molar-refractivity contribution in [2.75, 3.05) is 7.11 Å². The second-order valence-electron chi connectivity index (χ2n) is 5.44. The summed E-state index contributed by atoms with van der Waals surface area (Å²) < 4.78 is 6.66. The number of ether oxygens (including phenoxy) is 1. The lowest BCUT2D eigenvalue weighted by Gasteiger charge is -2.19. The number of H-pyrrole nitrogens is 1. The molecule has 7 heteroatoms. The number of hydrogen-bond donors (Lipinski definition) is 2. The number of nitrogens with zero attached hydrogens (tertiary/aromatic N) is 2. The van der Waals surface area contributed by atoms with Gasteiger partial charge in [-0.05, 0) is 11.6 Å². The molecule has 3 rings (SSSR count). The van der Waals surface area contributed by atoms with Crippen LogP contribution in [0.25, 0.3) is 0 Å². The number of carbonyl (C=O) groups excluding carboxylic acids is 1. The summed E-state index contributed by atoms with van der Waals surface area (Å²) in [4.78, 5) is 27.2. The van der Waals surface area contributed by atoms with E-state index in [1.165, 1.54) is 19.4 Å². The second kappa shape index (κ2) is 7.48. The van der Waals surface area contributed by atoms with E-state index >= 15 is 0 Å². The molecule has 1 aromatic carbocycles. The standard InChI is InChI=1S/C18H18N4O3/c1-25-17-11-19-14(10-16(17)23)18(24)21-15(12-22-9-5-8-20-22)13-6-3-2-4-7-13/h2-11,15H,12H2,1H3,(H,19,23)(H,21,24). The summed E-state index contributed by atoms with van der Waals surface area (Å²) in [7, 11) is 1.40. The minimum Gasteiger partial charge on any atom is -0.491 e. The normalized spacial score (nSPS) is 11.7. The SMILES string of the molecule is COc1c[nH]c(C(=O)NC(Cn2cccn2)c2ccccc2)cc1=O. The van der Waals surface area contributed by atoms with Gasteiger partial charge >= 0.3 is 0 Å². The number of aromatic amines is 1. The van der Waals surface area contributed by atoms with Crippen LogP contribution in [-0.4, -0.2) is 27.8 Å². The quantitative estimate of drug-likeness (QED) is 0.717. The maximum atomic E-state index is 12.6. The molecular weight excluding hydrogens is 320 g/mol. The Morgan fingerprint density at radius 1 is 1.32 bits per heavy atom. The van der Waals surface area contributed by atoms with Crippen molar-refractivity contribution in [2.45, 2.75) is 12.6 Å². The number of hydrogen-bond acceptors (Lipinski definition) is 4. The van der Waals surface area contributed by atoms with E-state index in [9.17, 15) is 9.59 Å². The molecule has 1 unspecified atom stereocenters. The Labute approximate surface area is 144 Å². The van der Waals surface area contributed by atoms with Gasteiger partial charge in [-0.3, -0.25) is 14.3 Å². The van der Waals surface area contributed by atoms with E-state index < -0.39 is 0 Å². The van der Waals surface area contributed by atoms with Gasteiger partial charge in [0.05, 0.1) is 19.7 Å². The highest BCUT2D eigenvalue weighted by molar-refractivity contribution is 5.92. The molecule has 0 bridgehead atoms. The topological polar surface area (TPSA) is 89.0 Å². The van der Waals surface area contributed by atoms with Crippen molar-refractivity contribution < 1.29 is 9.53 Å². The zero-order valence-electron chi connectivity index (χ0n) is 13.7. The van der Waals surface area contributed by atoms with Crippen molar-refractivity contribution in [2.24, 2.45) is 0 Å². The van der Waals surface area contributed by atoms with Crippen LogP contribution in [0.2, 0.25) is 0 Å². The monoisotopic (exact) mass is 338 g/mol. The first-order chi connectivity index (χ1) is 12.2. The van der Waals surface area contributed by atoms with E-state index in [1.54, 1.807) is 10.9 Å². The van der Waals surface area contributed by atoms with Gasteiger partial charge in [0.2, 0.25) is 5.43 Å². The molecule has 0 radical (unpaired) electrons. The summed E-state index contributed by atoms with van der Waals surface area (Å²) in [5.74, 6) is -0.214. The Kier molecular flexibility index (Phi) is 4.94. The fourth-order valence-electron chi connectivity index (χ4n) is 2.50. The Morgan fingerprint density at radius 2 is 2.12 bits per heavy atom. The number of nitrogens with one attached hydrogen (secondary N) is 2. The average molecular weight is 338 g/mol. The minimum absolute atomic E-state index is 0.160. The number of aromatic nitrogens is 3. The van der Waals surface area contributed by atoms with Gasteiger partial charge in [0, 0.05) is 24.7 Å². The molecule has 0 aliphatic rings. The third-order valence-electron chi connectivity index (χ3n) is 3.78. The van der Waals surface area contributed by atoms with Crippen LogP contribution in [0.3, 0.4) is 0 Å². The first-order valence-electron chi connectivity index (χ1n) is 7.77. The number of carbonyl (C=O) groups is 1. The summed E-state index contributed by atoms with van der Waals surface area (Å²) in [6.07, 6.45) is 4.89. The number of rotatable bonds is 6. The maximum Gasteiger partial charge on any atom is 0.268 e. The first-order valence-corrected chi connectivity index (χ1v) is 7.77. The Hall–Kier alpha value is -3.35. The average Bonchev–Trinajstić information content (AvgIpc) is 3.15. The lowest BCUT2D eigenvalue weighted by Crippen LogP contribution is -2.32. The fraction of sp³-hybridized carbons (Fsp3) is 0.167. The molecule has 25 heavy (non-hydrogen) atoms. The Morgan fingerprint density at radius 3 is 2.76 bits per heavy atom. The molecule has 0 saturated carbocycles. The van der Waals surface area contributed by atoms with Crippen LogP contribution in [-0.2, 0) is 6.54 Å². The first kappa shape index (κ1) is 16.5. The summed E-state index contributed by atoms with van der Waals surface area (Å²) in [5, 5.41) is 7.13. The van der Waals surface area contributed by atoms with Crippen molar-refractivity contribution in [3.63, 3.8) is 0 Å². The molecule has 0 aliphatic carbocycles. The summed E-state index contributed by atoms with van der Waals surface area (Å²) in [5.41, 5.74) is 0.768. The van der Waals surface area contributed by atoms with Gasteiger partial charge in [0.15, 0.2) is 5.75 Å². The summed E-state index contributed by atoms with van der Waals surface area (Å²) in [6.45, 7) is 0.475. The molecule has 2 heterocycles. The molecule has 0 spiro atoms. The summed E-state index contributed by atoms with van der Waals surface area (Å²) in [6, 6.07) is 12.4. The van der Waals surface area contributed by atoms with Crippen LogP contribution in [0, 0.1) is 0 Å². The number of pyridine rings is 1. The molecule has 0 fully saturated rings. The smallest absolute Gasteiger partial charge is 0.268 e. The van der Waals surface area contributed by atoms with Crippen LogP contribution in [0.5, 0.6) is 5.75 Å². The third-order valence-corrected chi connectivity index (χ3v) is 3.78. The predicted octanol–water partition coefficient (Wildman–Crippen LogP) is 1.75. The molecule has 0 saturated heterocycles. The van der Waals surface area contributed by atoms with E-state index in [0.717, 1.165) is 5.56 Å². The zero-order chi connectivity index (χ0) is 17.6. The second-order valence-corrected chi connectivity index (χ2v) is 5.44. The van der Waals surface area contributed by atoms with Gasteiger partial charge in [0.25, 0.3) is 5.91 Å². The molecule has 1 atom stereocenters. The number of amides is 1. The van der Waals surface area contributed by atoms with Crippen molar-refractivity contribution in [1.82, 2.24) is 20.1 Å². The van der Waals surface area contributed by atoms with E-state index in [4.69, 9.17) is 4.74 Å². The molecule has 128 valence electrons. The predicted molar refractivity (Wildman–Crippen MR) is 92.5 cm³/mol. The highest BCUT2D eigenvalue weighted by Gasteiger charge is 2.17. The van der Waals surface area contributed by atoms with Crippen molar-refractivity contribution in [3.8, 4) is 5.75 Å². The Bertz CT molecular complexity index is 888. The van der Waals surface area contributed by atoms with E-state index in [1.807, 2.05) is 42.6 Å². The highest BCUT2D eigenvalue weighted by atomic mass is 16.5. The molecule has 7 nitrogen and oxygen atoms in total. The van der Waals surface area contributed by atoms with E-state index in [-0.39, 0.29) is 28.8 Å². The van der Waals surface area contributed by atoms with Crippen molar-refractivity contribution >= 4 is 5.91 Å². The van der Waals surface area contributed by atoms with Gasteiger partial charge in [-0.2, -0.15) is 5.10 Å². The van der Waals surface area contributed by atoms with Crippen molar-refractivity contribution in [3.05, 3.63) is 82.5 Å². The van der Waals surface area contributed by atoms with Gasteiger partial charge in [-0.1, -0.05) is 30.3 Å². The molecular formula is C18H18N4O3. The Balaban J connectivity index is 1.83. The van der Waals surface area contributed by atoms with Gasteiger partial charge in [-0.25, -0.2) is 0 Å². The van der Waals surface area contributed by atoms with Crippen molar-refractivity contribution in [1.29, 1.82) is 0 Å². The zero-order valence-corrected chi connectivity index (χ0v) is 13.7. The van der Waals surface area contributed by atoms with Gasteiger partial charge < -0.3 is 15.0 Å². The third kappa shape index (κ3) is 3.95.